The highest BCUT2D eigenvalue weighted by molar-refractivity contribution is 6.30. The van der Waals surface area contributed by atoms with Crippen molar-refractivity contribution in [1.29, 1.82) is 0 Å². The number of rotatable bonds is 7. The van der Waals surface area contributed by atoms with Gasteiger partial charge >= 0.3 is 5.97 Å². The molecule has 1 aromatic carbocycles. The fourth-order valence-corrected chi connectivity index (χ4v) is 1.97. The predicted octanol–water partition coefficient (Wildman–Crippen LogP) is 2.43. The molecule has 0 radical (unpaired) electrons. The molecule has 0 spiro atoms. The quantitative estimate of drug-likeness (QED) is 0.828. The van der Waals surface area contributed by atoms with E-state index in [1.807, 2.05) is 30.0 Å². The first kappa shape index (κ1) is 15.0. The van der Waals surface area contributed by atoms with Gasteiger partial charge < -0.3 is 9.84 Å². The Morgan fingerprint density at radius 3 is 2.83 bits per heavy atom. The van der Waals surface area contributed by atoms with Crippen molar-refractivity contribution in [3.05, 3.63) is 34.9 Å². The standard InChI is InChI=1S/C13H18ClNO3/c1-10(11-4-3-5-12(14)8-11)15(6-7-18-2)9-13(16)17/h3-5,8,10H,6-7,9H2,1-2H3,(H,16,17). The second-order valence-corrected chi connectivity index (χ2v) is 4.52. The fourth-order valence-electron chi connectivity index (χ4n) is 1.77. The van der Waals surface area contributed by atoms with Crippen LogP contribution in [0.4, 0.5) is 0 Å². The normalized spacial score (nSPS) is 12.7. The van der Waals surface area contributed by atoms with E-state index >= 15 is 0 Å². The number of hydrogen-bond donors (Lipinski definition) is 1. The number of ether oxygens (including phenoxy) is 1. The van der Waals surface area contributed by atoms with E-state index in [9.17, 15) is 4.79 Å². The maximum Gasteiger partial charge on any atom is 0.317 e. The van der Waals surface area contributed by atoms with Gasteiger partial charge in [0.25, 0.3) is 0 Å². The highest BCUT2D eigenvalue weighted by atomic mass is 35.5. The van der Waals surface area contributed by atoms with Gasteiger partial charge in [-0.2, -0.15) is 0 Å². The Labute approximate surface area is 112 Å². The molecule has 0 amide bonds. The number of methoxy groups -OCH3 is 1. The lowest BCUT2D eigenvalue weighted by molar-refractivity contribution is -0.139. The highest BCUT2D eigenvalue weighted by Gasteiger charge is 2.18. The van der Waals surface area contributed by atoms with E-state index in [1.54, 1.807) is 13.2 Å². The number of carboxylic acids is 1. The molecule has 4 nitrogen and oxygen atoms in total. The van der Waals surface area contributed by atoms with Crippen LogP contribution in [0.2, 0.25) is 5.02 Å². The molecule has 0 saturated heterocycles. The summed E-state index contributed by atoms with van der Waals surface area (Å²) >= 11 is 5.94. The zero-order chi connectivity index (χ0) is 13.5. The third kappa shape index (κ3) is 4.64. The summed E-state index contributed by atoms with van der Waals surface area (Å²) in [7, 11) is 1.60. The summed E-state index contributed by atoms with van der Waals surface area (Å²) in [5, 5.41) is 9.58. The van der Waals surface area contributed by atoms with Gasteiger partial charge in [-0.1, -0.05) is 23.7 Å². The molecule has 0 aliphatic rings. The van der Waals surface area contributed by atoms with Crippen LogP contribution in [0.5, 0.6) is 0 Å². The molecule has 0 heterocycles. The monoisotopic (exact) mass is 271 g/mol. The second kappa shape index (κ2) is 7.36. The van der Waals surface area contributed by atoms with Crippen molar-refractivity contribution in [1.82, 2.24) is 4.90 Å². The summed E-state index contributed by atoms with van der Waals surface area (Å²) in [6.07, 6.45) is 0. The maximum absolute atomic E-state index is 10.9. The van der Waals surface area contributed by atoms with Crippen molar-refractivity contribution in [3.63, 3.8) is 0 Å². The number of halogens is 1. The first-order valence-electron chi connectivity index (χ1n) is 5.75. The van der Waals surface area contributed by atoms with E-state index in [-0.39, 0.29) is 12.6 Å². The van der Waals surface area contributed by atoms with Crippen LogP contribution >= 0.6 is 11.6 Å². The smallest absolute Gasteiger partial charge is 0.317 e. The summed E-state index contributed by atoms with van der Waals surface area (Å²) < 4.78 is 5.00. The number of nitrogens with zero attached hydrogens (tertiary/aromatic N) is 1. The third-order valence-electron chi connectivity index (χ3n) is 2.80. The molecule has 0 aliphatic heterocycles. The number of aliphatic carboxylic acids is 1. The molecule has 0 bridgehead atoms. The van der Waals surface area contributed by atoms with Crippen LogP contribution < -0.4 is 0 Å². The summed E-state index contributed by atoms with van der Waals surface area (Å²) in [6, 6.07) is 7.44. The Hall–Kier alpha value is -1.10. The zero-order valence-electron chi connectivity index (χ0n) is 10.6. The third-order valence-corrected chi connectivity index (χ3v) is 3.03. The van der Waals surface area contributed by atoms with Gasteiger partial charge in [-0.3, -0.25) is 9.69 Å². The summed E-state index contributed by atoms with van der Waals surface area (Å²) in [5.41, 5.74) is 1.000. The molecule has 0 saturated carbocycles. The topological polar surface area (TPSA) is 49.8 Å². The van der Waals surface area contributed by atoms with Crippen molar-refractivity contribution in [2.75, 3.05) is 26.8 Å². The fraction of sp³-hybridized carbons (Fsp3) is 0.462. The Kier molecular flexibility index (Phi) is 6.12. The van der Waals surface area contributed by atoms with E-state index in [1.165, 1.54) is 0 Å². The Morgan fingerprint density at radius 1 is 1.56 bits per heavy atom. The minimum absolute atomic E-state index is 0.0168. The number of benzene rings is 1. The van der Waals surface area contributed by atoms with Gasteiger partial charge in [-0.15, -0.1) is 0 Å². The van der Waals surface area contributed by atoms with Gasteiger partial charge in [-0.05, 0) is 24.6 Å². The summed E-state index contributed by atoms with van der Waals surface area (Å²) in [5.74, 6) is -0.847. The van der Waals surface area contributed by atoms with Gasteiger partial charge in [0.05, 0.1) is 13.2 Å². The maximum atomic E-state index is 10.9. The molecule has 5 heteroatoms. The van der Waals surface area contributed by atoms with Crippen LogP contribution in [0.3, 0.4) is 0 Å². The Morgan fingerprint density at radius 2 is 2.28 bits per heavy atom. The number of hydrogen-bond acceptors (Lipinski definition) is 3. The van der Waals surface area contributed by atoms with Crippen molar-refractivity contribution in [2.24, 2.45) is 0 Å². The van der Waals surface area contributed by atoms with Gasteiger partial charge in [0.2, 0.25) is 0 Å². The van der Waals surface area contributed by atoms with Crippen LogP contribution in [-0.2, 0) is 9.53 Å². The largest absolute Gasteiger partial charge is 0.480 e. The van der Waals surface area contributed by atoms with E-state index in [4.69, 9.17) is 21.4 Å². The SMILES string of the molecule is COCCN(CC(=O)O)C(C)c1cccc(Cl)c1. The van der Waals surface area contributed by atoms with E-state index < -0.39 is 5.97 Å². The van der Waals surface area contributed by atoms with Gasteiger partial charge in [0.1, 0.15) is 0 Å². The average molecular weight is 272 g/mol. The molecule has 1 N–H and O–H groups in total. The minimum atomic E-state index is -0.847. The molecule has 100 valence electrons. The van der Waals surface area contributed by atoms with E-state index in [0.717, 1.165) is 5.56 Å². The van der Waals surface area contributed by atoms with E-state index in [2.05, 4.69) is 0 Å². The molecule has 1 atom stereocenters. The second-order valence-electron chi connectivity index (χ2n) is 4.09. The minimum Gasteiger partial charge on any atom is -0.480 e. The lowest BCUT2D eigenvalue weighted by Crippen LogP contribution is -2.35. The van der Waals surface area contributed by atoms with Gasteiger partial charge in [-0.25, -0.2) is 0 Å². The van der Waals surface area contributed by atoms with Gasteiger partial charge in [0.15, 0.2) is 0 Å². The molecule has 1 aromatic rings. The van der Waals surface area contributed by atoms with Crippen LogP contribution in [0, 0.1) is 0 Å². The average Bonchev–Trinajstić information content (AvgIpc) is 2.33. The highest BCUT2D eigenvalue weighted by Crippen LogP contribution is 2.22. The predicted molar refractivity (Wildman–Crippen MR) is 71.0 cm³/mol. The van der Waals surface area contributed by atoms with Crippen molar-refractivity contribution < 1.29 is 14.6 Å². The zero-order valence-corrected chi connectivity index (χ0v) is 11.4. The lowest BCUT2D eigenvalue weighted by Gasteiger charge is -2.27. The lowest BCUT2D eigenvalue weighted by atomic mass is 10.1. The molecule has 0 aliphatic carbocycles. The van der Waals surface area contributed by atoms with Crippen LogP contribution in [-0.4, -0.2) is 42.8 Å². The van der Waals surface area contributed by atoms with Crippen LogP contribution in [0.15, 0.2) is 24.3 Å². The first-order chi connectivity index (χ1) is 8.54. The Balaban J connectivity index is 2.79. The first-order valence-corrected chi connectivity index (χ1v) is 6.12. The van der Waals surface area contributed by atoms with E-state index in [0.29, 0.717) is 18.2 Å². The molecular weight excluding hydrogens is 254 g/mol. The van der Waals surface area contributed by atoms with Crippen LogP contribution in [0.1, 0.15) is 18.5 Å². The number of carbonyl (C=O) groups is 1. The van der Waals surface area contributed by atoms with Crippen molar-refractivity contribution in [2.45, 2.75) is 13.0 Å². The Bertz CT molecular complexity index is 398. The molecule has 1 rings (SSSR count). The molecule has 18 heavy (non-hydrogen) atoms. The molecular formula is C13H18ClNO3. The van der Waals surface area contributed by atoms with Gasteiger partial charge in [0, 0.05) is 24.7 Å². The number of carboxylic acid groups (broad SMARTS) is 1. The van der Waals surface area contributed by atoms with Crippen molar-refractivity contribution >= 4 is 17.6 Å². The summed E-state index contributed by atoms with van der Waals surface area (Å²) in [6.45, 7) is 3.01. The van der Waals surface area contributed by atoms with Crippen molar-refractivity contribution in [3.8, 4) is 0 Å². The summed E-state index contributed by atoms with van der Waals surface area (Å²) in [4.78, 5) is 12.7. The molecule has 0 fully saturated rings. The molecule has 1 unspecified atom stereocenters. The molecule has 0 aromatic heterocycles. The van der Waals surface area contributed by atoms with Crippen LogP contribution in [0.25, 0.3) is 0 Å².